The van der Waals surface area contributed by atoms with Crippen LogP contribution in [0.15, 0.2) is 78.0 Å². The van der Waals surface area contributed by atoms with Crippen molar-refractivity contribution in [2.45, 2.75) is 25.5 Å². The van der Waals surface area contributed by atoms with E-state index in [-0.39, 0.29) is 11.7 Å². The standard InChI is InChI=1S/C28H27N5O2S/c1-18-19(2)29-25-14-9-21(15-24(18)25)27-31-32-28(33(27)16-20-7-5-4-6-8-20)36-17-26(34)30-22-10-12-23(35-3)13-11-22/h4-15,29H,16-17H2,1-3H3,(H,30,34). The highest BCUT2D eigenvalue weighted by Crippen LogP contribution is 2.30. The molecule has 0 radical (unpaired) electrons. The van der Waals surface area contributed by atoms with Gasteiger partial charge >= 0.3 is 0 Å². The summed E-state index contributed by atoms with van der Waals surface area (Å²) >= 11 is 1.37. The number of benzene rings is 3. The Balaban J connectivity index is 1.41. The van der Waals surface area contributed by atoms with Crippen molar-refractivity contribution in [3.63, 3.8) is 0 Å². The van der Waals surface area contributed by atoms with E-state index in [1.165, 1.54) is 22.7 Å². The molecule has 0 aliphatic carbocycles. The lowest BCUT2D eigenvalue weighted by molar-refractivity contribution is -0.113. The molecule has 0 bridgehead atoms. The third-order valence-corrected chi connectivity index (χ3v) is 7.14. The van der Waals surface area contributed by atoms with E-state index in [2.05, 4.69) is 69.2 Å². The lowest BCUT2D eigenvalue weighted by Crippen LogP contribution is -2.14. The number of aromatic nitrogens is 4. The summed E-state index contributed by atoms with van der Waals surface area (Å²) in [5.74, 6) is 1.62. The van der Waals surface area contributed by atoms with Crippen molar-refractivity contribution in [1.29, 1.82) is 0 Å². The van der Waals surface area contributed by atoms with Crippen molar-refractivity contribution in [3.05, 3.63) is 89.6 Å². The van der Waals surface area contributed by atoms with Crippen molar-refractivity contribution in [2.75, 3.05) is 18.2 Å². The van der Waals surface area contributed by atoms with Gasteiger partial charge in [0, 0.05) is 27.8 Å². The largest absolute Gasteiger partial charge is 0.497 e. The van der Waals surface area contributed by atoms with Gasteiger partial charge in [-0.2, -0.15) is 0 Å². The maximum Gasteiger partial charge on any atom is 0.234 e. The monoisotopic (exact) mass is 497 g/mol. The summed E-state index contributed by atoms with van der Waals surface area (Å²) < 4.78 is 7.26. The number of hydrogen-bond acceptors (Lipinski definition) is 5. The average Bonchev–Trinajstić information content (AvgIpc) is 3.43. The minimum Gasteiger partial charge on any atom is -0.497 e. The van der Waals surface area contributed by atoms with Crippen LogP contribution in [0.4, 0.5) is 5.69 Å². The molecule has 0 fully saturated rings. The maximum absolute atomic E-state index is 12.6. The number of nitrogens with zero attached hydrogens (tertiary/aromatic N) is 3. The molecule has 5 rings (SSSR count). The highest BCUT2D eigenvalue weighted by molar-refractivity contribution is 7.99. The van der Waals surface area contributed by atoms with E-state index in [0.29, 0.717) is 11.7 Å². The molecule has 7 nitrogen and oxygen atoms in total. The minimum atomic E-state index is -0.110. The van der Waals surface area contributed by atoms with Gasteiger partial charge in [0.05, 0.1) is 19.4 Å². The number of carbonyl (C=O) groups excluding carboxylic acids is 1. The first-order chi connectivity index (χ1) is 17.5. The van der Waals surface area contributed by atoms with Gasteiger partial charge in [-0.3, -0.25) is 9.36 Å². The van der Waals surface area contributed by atoms with E-state index in [1.54, 1.807) is 7.11 Å². The van der Waals surface area contributed by atoms with Crippen molar-refractivity contribution >= 4 is 34.3 Å². The summed E-state index contributed by atoms with van der Waals surface area (Å²) in [5.41, 5.74) is 6.34. The molecule has 1 amide bonds. The fourth-order valence-corrected chi connectivity index (χ4v) is 4.86. The molecule has 5 aromatic rings. The predicted octanol–water partition coefficient (Wildman–Crippen LogP) is 5.83. The fourth-order valence-electron chi connectivity index (χ4n) is 4.12. The predicted molar refractivity (Wildman–Crippen MR) is 145 cm³/mol. The molecule has 0 saturated carbocycles. The lowest BCUT2D eigenvalue weighted by Gasteiger charge is -2.11. The number of amides is 1. The number of hydrogen-bond donors (Lipinski definition) is 2. The number of thioether (sulfide) groups is 1. The number of H-pyrrole nitrogens is 1. The normalized spacial score (nSPS) is 11.1. The zero-order valence-electron chi connectivity index (χ0n) is 20.4. The molecule has 0 atom stereocenters. The summed E-state index contributed by atoms with van der Waals surface area (Å²) in [6, 6.07) is 23.8. The molecule has 0 spiro atoms. The third-order valence-electron chi connectivity index (χ3n) is 6.17. The molecule has 0 aliphatic heterocycles. The first-order valence-corrected chi connectivity index (χ1v) is 12.6. The van der Waals surface area contributed by atoms with Gasteiger partial charge in [-0.15, -0.1) is 10.2 Å². The Bertz CT molecular complexity index is 1510. The molecule has 8 heteroatoms. The zero-order valence-corrected chi connectivity index (χ0v) is 21.2. The van der Waals surface area contributed by atoms with Gasteiger partial charge in [-0.1, -0.05) is 42.1 Å². The second kappa shape index (κ2) is 10.3. The summed E-state index contributed by atoms with van der Waals surface area (Å²) in [6.45, 7) is 4.81. The second-order valence-electron chi connectivity index (χ2n) is 8.58. The number of nitrogens with one attached hydrogen (secondary N) is 2. The Hall–Kier alpha value is -4.04. The number of anilines is 1. The van der Waals surface area contributed by atoms with Crippen LogP contribution < -0.4 is 10.1 Å². The van der Waals surface area contributed by atoms with Crippen LogP contribution in [0.2, 0.25) is 0 Å². The van der Waals surface area contributed by atoms with Crippen LogP contribution in [0.5, 0.6) is 5.75 Å². The number of rotatable bonds is 8. The van der Waals surface area contributed by atoms with Crippen molar-refractivity contribution in [2.24, 2.45) is 0 Å². The molecule has 2 N–H and O–H groups in total. The number of methoxy groups -OCH3 is 1. The molecule has 36 heavy (non-hydrogen) atoms. The molecule has 2 heterocycles. The van der Waals surface area contributed by atoms with Gasteiger partial charge in [-0.05, 0) is 67.4 Å². The van der Waals surface area contributed by atoms with Gasteiger partial charge in [-0.25, -0.2) is 0 Å². The Labute approximate surface area is 213 Å². The molecule has 0 aliphatic rings. The van der Waals surface area contributed by atoms with Gasteiger partial charge in [0.25, 0.3) is 0 Å². The highest BCUT2D eigenvalue weighted by Gasteiger charge is 2.17. The highest BCUT2D eigenvalue weighted by atomic mass is 32.2. The number of aryl methyl sites for hydroxylation is 2. The number of ether oxygens (including phenoxy) is 1. The molecule has 0 unspecified atom stereocenters. The van der Waals surface area contributed by atoms with Crippen LogP contribution in [-0.2, 0) is 11.3 Å². The molecule has 2 aromatic heterocycles. The zero-order chi connectivity index (χ0) is 25.1. The lowest BCUT2D eigenvalue weighted by atomic mass is 10.1. The minimum absolute atomic E-state index is 0.110. The number of aromatic amines is 1. The van der Waals surface area contributed by atoms with Crippen molar-refractivity contribution in [3.8, 4) is 17.1 Å². The Morgan fingerprint density at radius 3 is 2.56 bits per heavy atom. The van der Waals surface area contributed by atoms with Gasteiger partial charge in [0.1, 0.15) is 5.75 Å². The SMILES string of the molecule is COc1ccc(NC(=O)CSc2nnc(-c3ccc4[nH]c(C)c(C)c4c3)n2Cc2ccccc2)cc1. The van der Waals surface area contributed by atoms with Crippen LogP contribution in [-0.4, -0.2) is 38.5 Å². The molecule has 0 saturated heterocycles. The van der Waals surface area contributed by atoms with E-state index < -0.39 is 0 Å². The van der Waals surface area contributed by atoms with Crippen LogP contribution >= 0.6 is 11.8 Å². The van der Waals surface area contributed by atoms with Crippen LogP contribution in [0, 0.1) is 13.8 Å². The quantitative estimate of drug-likeness (QED) is 0.264. The topological polar surface area (TPSA) is 84.8 Å². The van der Waals surface area contributed by atoms with Crippen molar-refractivity contribution < 1.29 is 9.53 Å². The van der Waals surface area contributed by atoms with E-state index in [0.717, 1.165) is 39.6 Å². The summed E-state index contributed by atoms with van der Waals surface area (Å²) in [5, 5.41) is 13.8. The summed E-state index contributed by atoms with van der Waals surface area (Å²) in [4.78, 5) is 16.1. The van der Waals surface area contributed by atoms with Crippen LogP contribution in [0.3, 0.4) is 0 Å². The first kappa shape index (κ1) is 23.7. The van der Waals surface area contributed by atoms with E-state index in [4.69, 9.17) is 4.74 Å². The molecular weight excluding hydrogens is 470 g/mol. The summed E-state index contributed by atoms with van der Waals surface area (Å²) in [6.07, 6.45) is 0. The average molecular weight is 498 g/mol. The third kappa shape index (κ3) is 4.99. The molecule has 182 valence electrons. The van der Waals surface area contributed by atoms with E-state index in [9.17, 15) is 4.79 Å². The first-order valence-electron chi connectivity index (χ1n) is 11.6. The fraction of sp³-hybridized carbons (Fsp3) is 0.179. The number of fused-ring (bicyclic) bond motifs is 1. The maximum atomic E-state index is 12.6. The summed E-state index contributed by atoms with van der Waals surface area (Å²) in [7, 11) is 1.61. The van der Waals surface area contributed by atoms with Crippen LogP contribution in [0.25, 0.3) is 22.3 Å². The Morgan fingerprint density at radius 2 is 1.81 bits per heavy atom. The van der Waals surface area contributed by atoms with E-state index in [1.807, 2.05) is 42.5 Å². The van der Waals surface area contributed by atoms with Gasteiger partial charge in [0.15, 0.2) is 11.0 Å². The smallest absolute Gasteiger partial charge is 0.234 e. The van der Waals surface area contributed by atoms with E-state index >= 15 is 0 Å². The molecular formula is C28H27N5O2S. The van der Waals surface area contributed by atoms with Gasteiger partial charge in [0.2, 0.25) is 5.91 Å². The Kier molecular flexibility index (Phi) is 6.77. The van der Waals surface area contributed by atoms with Crippen molar-refractivity contribution in [1.82, 2.24) is 19.7 Å². The van der Waals surface area contributed by atoms with Crippen LogP contribution in [0.1, 0.15) is 16.8 Å². The molecule has 3 aromatic carbocycles. The Morgan fingerprint density at radius 1 is 1.03 bits per heavy atom. The van der Waals surface area contributed by atoms with Gasteiger partial charge < -0.3 is 15.0 Å². The second-order valence-corrected chi connectivity index (χ2v) is 9.52. The number of carbonyl (C=O) groups is 1.